The number of hydrogen-bond donors (Lipinski definition) is 1. The van der Waals surface area contributed by atoms with Gasteiger partial charge < -0.3 is 10.1 Å². The summed E-state index contributed by atoms with van der Waals surface area (Å²) in [5, 5.41) is 2.76. The van der Waals surface area contributed by atoms with E-state index in [9.17, 15) is 4.79 Å². The van der Waals surface area contributed by atoms with Gasteiger partial charge in [0.25, 0.3) is 0 Å². The van der Waals surface area contributed by atoms with Crippen molar-refractivity contribution in [1.82, 2.24) is 5.32 Å². The Morgan fingerprint density at radius 2 is 2.33 bits per heavy atom. The van der Waals surface area contributed by atoms with Crippen LogP contribution in [0.2, 0.25) is 0 Å². The molecule has 0 radical (unpaired) electrons. The third-order valence-corrected chi connectivity index (χ3v) is 2.34. The van der Waals surface area contributed by atoms with Gasteiger partial charge in [0.15, 0.2) is 0 Å². The topological polar surface area (TPSA) is 38.3 Å². The normalized spacial score (nSPS) is 17.1. The third kappa shape index (κ3) is 3.22. The Morgan fingerprint density at radius 3 is 2.83 bits per heavy atom. The Kier molecular flexibility index (Phi) is 4.08. The van der Waals surface area contributed by atoms with Crippen LogP contribution in [0, 0.1) is 5.92 Å². The molecule has 3 heteroatoms. The average molecular weight is 171 g/mol. The zero-order chi connectivity index (χ0) is 8.81. The Bertz CT molecular complexity index is 143. The van der Waals surface area contributed by atoms with E-state index in [0.717, 1.165) is 12.3 Å². The van der Waals surface area contributed by atoms with Gasteiger partial charge in [0, 0.05) is 0 Å². The predicted molar refractivity (Wildman–Crippen MR) is 46.8 cm³/mol. The highest BCUT2D eigenvalue weighted by molar-refractivity contribution is 5.71. The molecular weight excluding hydrogens is 154 g/mol. The van der Waals surface area contributed by atoms with E-state index in [2.05, 4.69) is 5.32 Å². The molecule has 0 saturated heterocycles. The fourth-order valence-corrected chi connectivity index (χ4v) is 1.32. The van der Waals surface area contributed by atoms with Crippen LogP contribution in [0.15, 0.2) is 0 Å². The summed E-state index contributed by atoms with van der Waals surface area (Å²) in [6, 6.07) is 0. The Labute approximate surface area is 73.5 Å². The van der Waals surface area contributed by atoms with Gasteiger partial charge in [0.05, 0.1) is 13.2 Å². The van der Waals surface area contributed by atoms with Crippen molar-refractivity contribution in [3.63, 3.8) is 0 Å². The van der Waals surface area contributed by atoms with Crippen LogP contribution in [-0.2, 0) is 9.53 Å². The van der Waals surface area contributed by atoms with Crippen molar-refractivity contribution in [1.29, 1.82) is 0 Å². The highest BCUT2D eigenvalue weighted by atomic mass is 16.5. The fourth-order valence-electron chi connectivity index (χ4n) is 1.32. The first-order valence-corrected chi connectivity index (χ1v) is 4.63. The SMILES string of the molecule is CNCC(=O)OCCC1CCC1. The van der Waals surface area contributed by atoms with Crippen LogP contribution in [0.4, 0.5) is 0 Å². The van der Waals surface area contributed by atoms with Gasteiger partial charge in [-0.15, -0.1) is 0 Å². The minimum Gasteiger partial charge on any atom is -0.465 e. The average Bonchev–Trinajstić information content (AvgIpc) is 1.95. The molecule has 0 spiro atoms. The molecule has 0 heterocycles. The summed E-state index contributed by atoms with van der Waals surface area (Å²) in [5.74, 6) is 0.684. The third-order valence-electron chi connectivity index (χ3n) is 2.34. The molecule has 0 unspecified atom stereocenters. The summed E-state index contributed by atoms with van der Waals surface area (Å²) >= 11 is 0. The molecule has 0 aromatic rings. The second-order valence-electron chi connectivity index (χ2n) is 3.34. The van der Waals surface area contributed by atoms with Crippen LogP contribution in [0.5, 0.6) is 0 Å². The smallest absolute Gasteiger partial charge is 0.319 e. The first-order chi connectivity index (χ1) is 5.83. The van der Waals surface area contributed by atoms with Crippen molar-refractivity contribution in [2.75, 3.05) is 20.2 Å². The van der Waals surface area contributed by atoms with Gasteiger partial charge in [-0.1, -0.05) is 19.3 Å². The van der Waals surface area contributed by atoms with Crippen LogP contribution >= 0.6 is 0 Å². The van der Waals surface area contributed by atoms with E-state index in [4.69, 9.17) is 4.74 Å². The molecule has 1 rings (SSSR count). The number of carbonyl (C=O) groups excluding carboxylic acids is 1. The van der Waals surface area contributed by atoms with Crippen molar-refractivity contribution < 1.29 is 9.53 Å². The second-order valence-corrected chi connectivity index (χ2v) is 3.34. The molecule has 12 heavy (non-hydrogen) atoms. The van der Waals surface area contributed by atoms with E-state index in [1.165, 1.54) is 19.3 Å². The van der Waals surface area contributed by atoms with Crippen molar-refractivity contribution in [3.8, 4) is 0 Å². The van der Waals surface area contributed by atoms with Gasteiger partial charge in [-0.25, -0.2) is 0 Å². The molecule has 0 atom stereocenters. The zero-order valence-electron chi connectivity index (χ0n) is 7.64. The second kappa shape index (κ2) is 5.14. The Balaban J connectivity index is 1.90. The number of ether oxygens (including phenoxy) is 1. The maximum Gasteiger partial charge on any atom is 0.319 e. The first-order valence-electron chi connectivity index (χ1n) is 4.63. The van der Waals surface area contributed by atoms with E-state index >= 15 is 0 Å². The van der Waals surface area contributed by atoms with E-state index in [0.29, 0.717) is 13.2 Å². The number of likely N-dealkylation sites (N-methyl/N-ethyl adjacent to an activating group) is 1. The lowest BCUT2D eigenvalue weighted by Gasteiger charge is -2.24. The van der Waals surface area contributed by atoms with Crippen molar-refractivity contribution in [2.45, 2.75) is 25.7 Å². The molecule has 1 saturated carbocycles. The predicted octanol–water partition coefficient (Wildman–Crippen LogP) is 0.939. The lowest BCUT2D eigenvalue weighted by atomic mass is 9.83. The summed E-state index contributed by atoms with van der Waals surface area (Å²) < 4.78 is 4.99. The van der Waals surface area contributed by atoms with Crippen LogP contribution in [0.25, 0.3) is 0 Å². The lowest BCUT2D eigenvalue weighted by Crippen LogP contribution is -2.22. The summed E-state index contributed by atoms with van der Waals surface area (Å²) in [7, 11) is 1.74. The van der Waals surface area contributed by atoms with E-state index < -0.39 is 0 Å². The van der Waals surface area contributed by atoms with Gasteiger partial charge in [-0.05, 0) is 19.4 Å². The van der Waals surface area contributed by atoms with E-state index in [1.54, 1.807) is 7.05 Å². The summed E-state index contributed by atoms with van der Waals surface area (Å²) in [6.45, 7) is 0.926. The van der Waals surface area contributed by atoms with Crippen LogP contribution < -0.4 is 5.32 Å². The zero-order valence-corrected chi connectivity index (χ0v) is 7.64. The molecule has 0 aromatic carbocycles. The number of nitrogens with one attached hydrogen (secondary N) is 1. The van der Waals surface area contributed by atoms with Crippen molar-refractivity contribution in [2.24, 2.45) is 5.92 Å². The number of carbonyl (C=O) groups is 1. The molecule has 1 fully saturated rings. The molecular formula is C9H17NO2. The molecule has 0 amide bonds. The standard InChI is InChI=1S/C9H17NO2/c1-10-7-9(11)12-6-5-8-3-2-4-8/h8,10H,2-7H2,1H3. The van der Waals surface area contributed by atoms with Gasteiger partial charge >= 0.3 is 5.97 Å². The lowest BCUT2D eigenvalue weighted by molar-refractivity contribution is -0.142. The molecule has 0 aliphatic heterocycles. The van der Waals surface area contributed by atoms with Gasteiger partial charge in [-0.3, -0.25) is 4.79 Å². The highest BCUT2D eigenvalue weighted by Gasteiger charge is 2.17. The minimum absolute atomic E-state index is 0.142. The number of hydrogen-bond acceptors (Lipinski definition) is 3. The Morgan fingerprint density at radius 1 is 1.58 bits per heavy atom. The van der Waals surface area contributed by atoms with Crippen LogP contribution in [-0.4, -0.2) is 26.2 Å². The van der Waals surface area contributed by atoms with Gasteiger partial charge in [-0.2, -0.15) is 0 Å². The molecule has 3 nitrogen and oxygen atoms in total. The highest BCUT2D eigenvalue weighted by Crippen LogP contribution is 2.28. The largest absolute Gasteiger partial charge is 0.465 e. The summed E-state index contributed by atoms with van der Waals surface area (Å²) in [4.78, 5) is 10.8. The van der Waals surface area contributed by atoms with Gasteiger partial charge in [0.1, 0.15) is 0 Å². The fraction of sp³-hybridized carbons (Fsp3) is 0.889. The monoisotopic (exact) mass is 171 g/mol. The first kappa shape index (κ1) is 9.52. The molecule has 70 valence electrons. The van der Waals surface area contributed by atoms with Crippen LogP contribution in [0.1, 0.15) is 25.7 Å². The molecule has 1 aliphatic carbocycles. The molecule has 1 N–H and O–H groups in total. The maximum atomic E-state index is 10.8. The minimum atomic E-state index is -0.142. The number of rotatable bonds is 5. The quantitative estimate of drug-likeness (QED) is 0.626. The summed E-state index contributed by atoms with van der Waals surface area (Å²) in [5.41, 5.74) is 0. The maximum absolute atomic E-state index is 10.8. The molecule has 0 bridgehead atoms. The van der Waals surface area contributed by atoms with Crippen molar-refractivity contribution in [3.05, 3.63) is 0 Å². The Hall–Kier alpha value is -0.570. The molecule has 0 aromatic heterocycles. The summed E-state index contributed by atoms with van der Waals surface area (Å²) in [6.07, 6.45) is 5.05. The van der Waals surface area contributed by atoms with Crippen LogP contribution in [0.3, 0.4) is 0 Å². The van der Waals surface area contributed by atoms with E-state index in [1.807, 2.05) is 0 Å². The van der Waals surface area contributed by atoms with Crippen molar-refractivity contribution >= 4 is 5.97 Å². The number of esters is 1. The van der Waals surface area contributed by atoms with E-state index in [-0.39, 0.29) is 5.97 Å². The molecule has 1 aliphatic rings. The van der Waals surface area contributed by atoms with Gasteiger partial charge in [0.2, 0.25) is 0 Å².